The fourth-order valence-corrected chi connectivity index (χ4v) is 10.2. The highest BCUT2D eigenvalue weighted by molar-refractivity contribution is 7.90. The van der Waals surface area contributed by atoms with Gasteiger partial charge in [-0.25, -0.2) is 25.5 Å². The number of sulfonamides is 2. The van der Waals surface area contributed by atoms with E-state index in [-0.39, 0.29) is 22.0 Å². The molecule has 1 amide bonds. The van der Waals surface area contributed by atoms with Crippen molar-refractivity contribution in [3.05, 3.63) is 29.3 Å². The summed E-state index contributed by atoms with van der Waals surface area (Å²) in [6, 6.07) is 3.21. The molecule has 1 N–H and O–H groups in total. The summed E-state index contributed by atoms with van der Waals surface area (Å²) in [5.41, 5.74) is -2.73. The van der Waals surface area contributed by atoms with E-state index >= 15 is 0 Å². The average molecular weight is 521 g/mol. The van der Waals surface area contributed by atoms with Gasteiger partial charge < -0.3 is 0 Å². The topological polar surface area (TPSA) is 101 Å². The number of amides is 1. The second-order valence-electron chi connectivity index (χ2n) is 10.8. The van der Waals surface area contributed by atoms with Gasteiger partial charge in [-0.1, -0.05) is 25.4 Å². The maximum Gasteiger partial charge on any atom is 0.254 e. The Hall–Kier alpha value is -1.23. The minimum absolute atomic E-state index is 0.143. The fourth-order valence-electron chi connectivity index (χ4n) is 6.27. The van der Waals surface area contributed by atoms with Gasteiger partial charge in [0.2, 0.25) is 20.0 Å². The highest BCUT2D eigenvalue weighted by Crippen LogP contribution is 2.70. The minimum atomic E-state index is -4.24. The molecule has 1 unspecified atom stereocenters. The zero-order chi connectivity index (χ0) is 24.6. The van der Waals surface area contributed by atoms with Gasteiger partial charge in [-0.2, -0.15) is 4.72 Å². The van der Waals surface area contributed by atoms with Crippen LogP contribution < -0.4 is 4.72 Å². The molecule has 1 heterocycles. The number of alkyl halides is 1. The predicted molar refractivity (Wildman–Crippen MR) is 123 cm³/mol. The van der Waals surface area contributed by atoms with Gasteiger partial charge in [0.25, 0.3) is 5.91 Å². The maximum absolute atomic E-state index is 14.7. The molecule has 11 heteroatoms. The van der Waals surface area contributed by atoms with Crippen LogP contribution in [-0.4, -0.2) is 50.6 Å². The molecule has 184 valence electrons. The van der Waals surface area contributed by atoms with Crippen molar-refractivity contribution in [2.75, 3.05) is 5.75 Å². The van der Waals surface area contributed by atoms with Crippen LogP contribution in [0.25, 0.3) is 0 Å². The zero-order valence-electron chi connectivity index (χ0n) is 19.1. The molecule has 3 fully saturated rings. The monoisotopic (exact) mass is 520 g/mol. The van der Waals surface area contributed by atoms with Gasteiger partial charge in [-0.3, -0.25) is 4.79 Å². The second kappa shape index (κ2) is 7.63. The van der Waals surface area contributed by atoms with E-state index < -0.39 is 55.5 Å². The van der Waals surface area contributed by atoms with Crippen LogP contribution in [0.3, 0.4) is 0 Å². The van der Waals surface area contributed by atoms with Gasteiger partial charge in [-0.05, 0) is 68.7 Å². The molecule has 3 aliphatic rings. The molecular weight excluding hydrogens is 491 g/mol. The van der Waals surface area contributed by atoms with E-state index in [1.807, 2.05) is 0 Å². The Kier molecular flexibility index (Phi) is 5.76. The Labute approximate surface area is 200 Å². The van der Waals surface area contributed by atoms with Crippen molar-refractivity contribution in [2.45, 2.75) is 76.0 Å². The molecule has 4 atom stereocenters. The number of fused-ring (bicyclic) bond motifs is 1. The maximum atomic E-state index is 14.7. The molecule has 1 aromatic rings. The molecule has 33 heavy (non-hydrogen) atoms. The molecule has 1 aromatic carbocycles. The van der Waals surface area contributed by atoms with Gasteiger partial charge in [0, 0.05) is 16.9 Å². The Morgan fingerprint density at radius 3 is 2.45 bits per heavy atom. The van der Waals surface area contributed by atoms with E-state index in [9.17, 15) is 26.0 Å². The Morgan fingerprint density at radius 1 is 1.30 bits per heavy atom. The summed E-state index contributed by atoms with van der Waals surface area (Å²) >= 11 is 5.84. The molecule has 2 bridgehead atoms. The van der Waals surface area contributed by atoms with E-state index in [0.29, 0.717) is 17.9 Å². The lowest BCUT2D eigenvalue weighted by molar-refractivity contribution is -0.131. The predicted octanol–water partition coefficient (Wildman–Crippen LogP) is 3.49. The molecular formula is C22H30ClFN2O5S2. The van der Waals surface area contributed by atoms with Crippen molar-refractivity contribution in [3.63, 3.8) is 0 Å². The van der Waals surface area contributed by atoms with Gasteiger partial charge in [-0.15, -0.1) is 0 Å². The van der Waals surface area contributed by atoms with Crippen molar-refractivity contribution in [1.82, 2.24) is 9.03 Å². The smallest absolute Gasteiger partial charge is 0.254 e. The average Bonchev–Trinajstić information content (AvgIpc) is 3.13. The number of hydrogen-bond acceptors (Lipinski definition) is 5. The van der Waals surface area contributed by atoms with E-state index in [4.69, 9.17) is 11.6 Å². The summed E-state index contributed by atoms with van der Waals surface area (Å²) in [7, 11) is -8.21. The first-order valence-electron chi connectivity index (χ1n) is 11.0. The van der Waals surface area contributed by atoms with Gasteiger partial charge in [0.05, 0.1) is 16.7 Å². The van der Waals surface area contributed by atoms with Crippen LogP contribution in [0.4, 0.5) is 4.39 Å². The molecule has 7 nitrogen and oxygen atoms in total. The van der Waals surface area contributed by atoms with Gasteiger partial charge in [0.1, 0.15) is 11.7 Å². The number of nitrogens with zero attached hydrogens (tertiary/aromatic N) is 1. The van der Waals surface area contributed by atoms with Crippen LogP contribution in [-0.2, 0) is 24.8 Å². The summed E-state index contributed by atoms with van der Waals surface area (Å²) in [6.07, 6.45) is 1.66. The van der Waals surface area contributed by atoms with E-state index in [0.717, 1.165) is 10.7 Å². The number of hydrogen-bond donors (Lipinski definition) is 1. The molecule has 1 spiro atoms. The first kappa shape index (κ1) is 24.9. The lowest BCUT2D eigenvalue weighted by atomic mass is 9.69. The van der Waals surface area contributed by atoms with Crippen molar-refractivity contribution < 1.29 is 26.0 Å². The summed E-state index contributed by atoms with van der Waals surface area (Å²) in [4.78, 5) is 13.5. The van der Waals surface area contributed by atoms with E-state index in [1.54, 1.807) is 0 Å². The number of benzene rings is 1. The highest BCUT2D eigenvalue weighted by Gasteiger charge is 2.72. The van der Waals surface area contributed by atoms with Gasteiger partial charge in [0.15, 0.2) is 0 Å². The Morgan fingerprint density at radius 2 is 1.91 bits per heavy atom. The first-order chi connectivity index (χ1) is 15.0. The van der Waals surface area contributed by atoms with E-state index in [1.165, 1.54) is 38.1 Å². The van der Waals surface area contributed by atoms with Crippen LogP contribution in [0, 0.1) is 16.7 Å². The highest BCUT2D eigenvalue weighted by atomic mass is 35.5. The molecule has 0 aromatic heterocycles. The normalized spacial score (nSPS) is 30.9. The Bertz CT molecular complexity index is 1180. The molecule has 2 aliphatic carbocycles. The first-order valence-corrected chi connectivity index (χ1v) is 14.5. The van der Waals surface area contributed by atoms with Crippen LogP contribution in [0.5, 0.6) is 0 Å². The summed E-state index contributed by atoms with van der Waals surface area (Å²) in [5, 5.41) is 0.332. The van der Waals surface area contributed by atoms with E-state index in [2.05, 4.69) is 18.6 Å². The zero-order valence-corrected chi connectivity index (χ0v) is 21.5. The SMILES string of the molecule is CC(C)(F)C[C@@H](NS(=O)(=O)c1ccc(Cl)cc1)C(=O)N1[C@H]2CC3CC[C@]2(CS1(=O)=O)C3(C)C. The third kappa shape index (κ3) is 4.00. The summed E-state index contributed by atoms with van der Waals surface area (Å²) in [5.74, 6) is -0.770. The number of carbonyl (C=O) groups excluding carboxylic acids is 1. The number of halogens is 2. The van der Waals surface area contributed by atoms with Crippen LogP contribution in [0.15, 0.2) is 29.2 Å². The minimum Gasteiger partial charge on any atom is -0.272 e. The number of nitrogens with one attached hydrogen (secondary N) is 1. The van der Waals surface area contributed by atoms with Crippen molar-refractivity contribution in [2.24, 2.45) is 16.7 Å². The quantitative estimate of drug-likeness (QED) is 0.618. The molecule has 0 radical (unpaired) electrons. The lowest BCUT2D eigenvalue weighted by Gasteiger charge is -2.37. The molecule has 1 aliphatic heterocycles. The van der Waals surface area contributed by atoms with Crippen molar-refractivity contribution in [3.8, 4) is 0 Å². The molecule has 1 saturated heterocycles. The fraction of sp³-hybridized carbons (Fsp3) is 0.682. The van der Waals surface area contributed by atoms with Crippen molar-refractivity contribution in [1.29, 1.82) is 0 Å². The van der Waals surface area contributed by atoms with Crippen LogP contribution in [0.2, 0.25) is 5.02 Å². The summed E-state index contributed by atoms with van der Waals surface area (Å²) in [6.45, 7) is 6.56. The number of rotatable bonds is 6. The second-order valence-corrected chi connectivity index (χ2v) is 14.8. The third-order valence-electron chi connectivity index (χ3n) is 8.04. The lowest BCUT2D eigenvalue weighted by Crippen LogP contribution is -2.54. The van der Waals surface area contributed by atoms with Crippen LogP contribution in [0.1, 0.15) is 53.4 Å². The molecule has 4 rings (SSSR count). The van der Waals surface area contributed by atoms with Crippen molar-refractivity contribution >= 4 is 37.6 Å². The van der Waals surface area contributed by atoms with Crippen LogP contribution >= 0.6 is 11.6 Å². The summed E-state index contributed by atoms with van der Waals surface area (Å²) < 4.78 is 70.3. The number of carbonyl (C=O) groups is 1. The Balaban J connectivity index is 1.70. The largest absolute Gasteiger partial charge is 0.272 e. The molecule has 2 saturated carbocycles. The van der Waals surface area contributed by atoms with Gasteiger partial charge >= 0.3 is 0 Å². The standard InChI is InChI=1S/C22H30ClFN2O5S2/c1-20(2,24)12-17(25-33(30,31)16-7-5-15(23)6-8-16)19(27)26-18-11-14-9-10-22(18,21(14,3)4)13-32(26,28)29/h5-8,14,17-18,25H,9-13H2,1-4H3/t14?,17-,18+,22-/m1/s1. The third-order valence-corrected chi connectivity index (χ3v) is 11.7.